The smallest absolute Gasteiger partial charge is 0.168 e. The number of rotatable bonds is 6. The minimum absolute atomic E-state index is 0.0151. The molecule has 5 heteroatoms. The Hall–Kier alpha value is -1.84. The Morgan fingerprint density at radius 2 is 1.71 bits per heavy atom. The van der Waals surface area contributed by atoms with Gasteiger partial charge in [-0.2, -0.15) is 0 Å². The van der Waals surface area contributed by atoms with Crippen molar-refractivity contribution in [3.05, 3.63) is 69.7 Å². The second kappa shape index (κ2) is 7.81. The molecule has 0 unspecified atom stereocenters. The maximum absolute atomic E-state index is 11.8. The molecule has 0 N–H and O–H groups in total. The van der Waals surface area contributed by atoms with Crippen molar-refractivity contribution < 1.29 is 9.63 Å². The predicted molar refractivity (Wildman–Crippen MR) is 85.1 cm³/mol. The molecule has 2 rings (SSSR count). The Morgan fingerprint density at radius 1 is 1.05 bits per heavy atom. The molecule has 21 heavy (non-hydrogen) atoms. The molecule has 0 saturated heterocycles. The highest BCUT2D eigenvalue weighted by molar-refractivity contribution is 6.35. The van der Waals surface area contributed by atoms with Crippen LogP contribution in [-0.4, -0.2) is 12.0 Å². The maximum Gasteiger partial charge on any atom is 0.168 e. The van der Waals surface area contributed by atoms with Gasteiger partial charge in [0.25, 0.3) is 0 Å². The second-order valence-electron chi connectivity index (χ2n) is 4.25. The third-order valence-electron chi connectivity index (χ3n) is 2.79. The van der Waals surface area contributed by atoms with Crippen LogP contribution in [0.1, 0.15) is 22.3 Å². The number of oxime groups is 1. The summed E-state index contributed by atoms with van der Waals surface area (Å²) in [7, 11) is 0. The lowest BCUT2D eigenvalue weighted by molar-refractivity contribution is 0.0996. The molecule has 0 bridgehead atoms. The van der Waals surface area contributed by atoms with Gasteiger partial charge in [-0.05, 0) is 12.1 Å². The fourth-order valence-corrected chi connectivity index (χ4v) is 2.19. The fraction of sp³-hybridized carbons (Fsp3) is 0.125. The quantitative estimate of drug-likeness (QED) is 0.436. The molecule has 0 atom stereocenters. The van der Waals surface area contributed by atoms with E-state index in [1.807, 2.05) is 18.2 Å². The van der Waals surface area contributed by atoms with Crippen LogP contribution in [0.5, 0.6) is 0 Å². The normalized spacial score (nSPS) is 10.8. The number of carbonyl (C=O) groups excluding carboxylic acids is 1. The topological polar surface area (TPSA) is 38.7 Å². The van der Waals surface area contributed by atoms with Gasteiger partial charge in [0.2, 0.25) is 0 Å². The van der Waals surface area contributed by atoms with Gasteiger partial charge in [-0.1, -0.05) is 64.8 Å². The zero-order valence-corrected chi connectivity index (χ0v) is 12.6. The SMILES string of the molecule is O=C(C/C=N\OCc1c(Cl)cccc1Cl)c1ccccc1. The van der Waals surface area contributed by atoms with Gasteiger partial charge in [0.05, 0.1) is 6.21 Å². The number of hydrogen-bond donors (Lipinski definition) is 0. The van der Waals surface area contributed by atoms with E-state index in [-0.39, 0.29) is 18.8 Å². The van der Waals surface area contributed by atoms with E-state index in [2.05, 4.69) is 5.16 Å². The van der Waals surface area contributed by atoms with Gasteiger partial charge >= 0.3 is 0 Å². The van der Waals surface area contributed by atoms with Crippen molar-refractivity contribution >= 4 is 35.2 Å². The number of hydrogen-bond acceptors (Lipinski definition) is 3. The molecule has 0 aliphatic carbocycles. The summed E-state index contributed by atoms with van der Waals surface area (Å²) in [6.07, 6.45) is 1.61. The van der Waals surface area contributed by atoms with Crippen molar-refractivity contribution in [2.24, 2.45) is 5.16 Å². The van der Waals surface area contributed by atoms with Gasteiger partial charge < -0.3 is 4.84 Å². The highest BCUT2D eigenvalue weighted by Gasteiger charge is 2.05. The number of halogens is 2. The highest BCUT2D eigenvalue weighted by Crippen LogP contribution is 2.24. The molecule has 2 aromatic rings. The van der Waals surface area contributed by atoms with Crippen molar-refractivity contribution in [2.45, 2.75) is 13.0 Å². The molecule has 0 amide bonds. The van der Waals surface area contributed by atoms with Crippen LogP contribution < -0.4 is 0 Å². The van der Waals surface area contributed by atoms with Crippen LogP contribution >= 0.6 is 23.2 Å². The van der Waals surface area contributed by atoms with Crippen LogP contribution in [0.25, 0.3) is 0 Å². The van der Waals surface area contributed by atoms with E-state index in [0.717, 1.165) is 0 Å². The van der Waals surface area contributed by atoms with Crippen molar-refractivity contribution in [1.29, 1.82) is 0 Å². The van der Waals surface area contributed by atoms with E-state index >= 15 is 0 Å². The van der Waals surface area contributed by atoms with E-state index in [1.54, 1.807) is 30.3 Å². The van der Waals surface area contributed by atoms with Gasteiger partial charge in [-0.3, -0.25) is 4.79 Å². The first-order chi connectivity index (χ1) is 10.2. The summed E-state index contributed by atoms with van der Waals surface area (Å²) in [5.74, 6) is -0.0151. The summed E-state index contributed by atoms with van der Waals surface area (Å²) in [5, 5.41) is 4.80. The van der Waals surface area contributed by atoms with Crippen molar-refractivity contribution in [2.75, 3.05) is 0 Å². The van der Waals surface area contributed by atoms with Crippen LogP contribution in [-0.2, 0) is 11.4 Å². The van der Waals surface area contributed by atoms with Crippen LogP contribution in [0.3, 0.4) is 0 Å². The molecule has 0 aliphatic rings. The molecule has 0 radical (unpaired) electrons. The van der Waals surface area contributed by atoms with E-state index < -0.39 is 0 Å². The first-order valence-electron chi connectivity index (χ1n) is 6.33. The van der Waals surface area contributed by atoms with Crippen LogP contribution in [0, 0.1) is 0 Å². The van der Waals surface area contributed by atoms with Crippen molar-refractivity contribution in [1.82, 2.24) is 0 Å². The average molecular weight is 322 g/mol. The fourth-order valence-electron chi connectivity index (χ4n) is 1.69. The summed E-state index contributed by atoms with van der Waals surface area (Å²) >= 11 is 12.0. The number of Topliss-reactive ketones (excluding diaryl/α,β-unsaturated/α-hetero) is 1. The summed E-state index contributed by atoms with van der Waals surface area (Å²) in [4.78, 5) is 16.9. The predicted octanol–water partition coefficient (Wildman–Crippen LogP) is 4.77. The van der Waals surface area contributed by atoms with E-state index in [1.165, 1.54) is 6.21 Å². The minimum Gasteiger partial charge on any atom is -0.391 e. The Kier molecular flexibility index (Phi) is 5.78. The molecule has 2 aromatic carbocycles. The molecule has 108 valence electrons. The Bertz CT molecular complexity index is 622. The molecule has 3 nitrogen and oxygen atoms in total. The Morgan fingerprint density at radius 3 is 2.38 bits per heavy atom. The standard InChI is InChI=1S/C16H13Cl2NO2/c17-14-7-4-8-15(18)13(14)11-21-19-10-9-16(20)12-5-2-1-3-6-12/h1-8,10H,9,11H2/b19-10-. The molecule has 0 fully saturated rings. The zero-order valence-electron chi connectivity index (χ0n) is 11.1. The Balaban J connectivity index is 1.83. The van der Waals surface area contributed by atoms with Crippen LogP contribution in [0.4, 0.5) is 0 Å². The van der Waals surface area contributed by atoms with Gasteiger partial charge in [-0.25, -0.2) is 0 Å². The van der Waals surface area contributed by atoms with Crippen LogP contribution in [0.15, 0.2) is 53.7 Å². The lowest BCUT2D eigenvalue weighted by Gasteiger charge is -2.04. The zero-order chi connectivity index (χ0) is 15.1. The third-order valence-corrected chi connectivity index (χ3v) is 3.50. The molecule has 0 aliphatic heterocycles. The monoisotopic (exact) mass is 321 g/mol. The van der Waals surface area contributed by atoms with Crippen molar-refractivity contribution in [3.8, 4) is 0 Å². The van der Waals surface area contributed by atoms with Gasteiger partial charge in [0, 0.05) is 27.6 Å². The number of benzene rings is 2. The molecule has 0 heterocycles. The molecule has 0 spiro atoms. The van der Waals surface area contributed by atoms with E-state index in [9.17, 15) is 4.79 Å². The molecule has 0 aromatic heterocycles. The van der Waals surface area contributed by atoms with Crippen LogP contribution in [0.2, 0.25) is 10.0 Å². The minimum atomic E-state index is -0.0151. The first kappa shape index (κ1) is 15.5. The first-order valence-corrected chi connectivity index (χ1v) is 7.09. The third kappa shape index (κ3) is 4.59. The Labute approximate surface area is 133 Å². The lowest BCUT2D eigenvalue weighted by Crippen LogP contribution is -1.99. The number of nitrogens with zero attached hydrogens (tertiary/aromatic N) is 1. The number of ketones is 1. The summed E-state index contributed by atoms with van der Waals surface area (Å²) in [6, 6.07) is 14.3. The molecular formula is C16H13Cl2NO2. The second-order valence-corrected chi connectivity index (χ2v) is 5.07. The summed E-state index contributed by atoms with van der Waals surface area (Å²) in [6.45, 7) is 0.161. The lowest BCUT2D eigenvalue weighted by atomic mass is 10.1. The summed E-state index contributed by atoms with van der Waals surface area (Å²) < 4.78 is 0. The average Bonchev–Trinajstić information content (AvgIpc) is 2.50. The molecular weight excluding hydrogens is 309 g/mol. The van der Waals surface area contributed by atoms with Gasteiger partial charge in [0.15, 0.2) is 5.78 Å². The van der Waals surface area contributed by atoms with Crippen molar-refractivity contribution in [3.63, 3.8) is 0 Å². The maximum atomic E-state index is 11.8. The number of carbonyl (C=O) groups is 1. The largest absolute Gasteiger partial charge is 0.391 e. The molecule has 0 saturated carbocycles. The highest BCUT2D eigenvalue weighted by atomic mass is 35.5. The van der Waals surface area contributed by atoms with E-state index in [4.69, 9.17) is 28.0 Å². The summed E-state index contributed by atoms with van der Waals surface area (Å²) in [5.41, 5.74) is 1.32. The van der Waals surface area contributed by atoms with E-state index in [0.29, 0.717) is 21.2 Å². The van der Waals surface area contributed by atoms with Gasteiger partial charge in [0.1, 0.15) is 6.61 Å². The van der Waals surface area contributed by atoms with Gasteiger partial charge in [-0.15, -0.1) is 0 Å².